The van der Waals surface area contributed by atoms with E-state index in [4.69, 9.17) is 0 Å². The topological polar surface area (TPSA) is 163 Å². The Morgan fingerprint density at radius 3 is 2.55 bits per heavy atom. The van der Waals surface area contributed by atoms with Crippen LogP contribution in [-0.2, 0) is 0 Å². The Kier molecular flexibility index (Phi) is 5.96. The largest absolute Gasteiger partial charge is 0.382 e. The Bertz CT molecular complexity index is 1420. The molecule has 0 aliphatic carbocycles. The molecule has 0 bridgehead atoms. The second kappa shape index (κ2) is 9.16. The predicted octanol–water partition coefficient (Wildman–Crippen LogP) is 2.09. The minimum Gasteiger partial charge on any atom is -0.382 e. The van der Waals surface area contributed by atoms with E-state index in [1.54, 1.807) is 30.3 Å². The van der Waals surface area contributed by atoms with Crippen molar-refractivity contribution >= 4 is 28.3 Å². The number of nitro groups is 1. The molecule has 4 aromatic rings. The Balaban J connectivity index is 1.80. The summed E-state index contributed by atoms with van der Waals surface area (Å²) in [6.07, 6.45) is 1.48. The van der Waals surface area contributed by atoms with Crippen LogP contribution >= 0.6 is 0 Å². The molecule has 11 heteroatoms. The number of hydrazone groups is 1. The average molecular weight is 444 g/mol. The molecule has 1 unspecified atom stereocenters. The van der Waals surface area contributed by atoms with E-state index in [0.29, 0.717) is 5.56 Å². The van der Waals surface area contributed by atoms with Crippen LogP contribution in [0.25, 0.3) is 11.0 Å². The molecule has 0 saturated carbocycles. The number of rotatable bonds is 6. The van der Waals surface area contributed by atoms with Gasteiger partial charge in [-0.25, -0.2) is 10.4 Å². The Morgan fingerprint density at radius 1 is 1.12 bits per heavy atom. The molecule has 0 radical (unpaired) electrons. The summed E-state index contributed by atoms with van der Waals surface area (Å²) in [5.41, 5.74) is 2.00. The number of carbonyl (C=O) groups is 1. The number of benzene rings is 2. The Hall–Kier alpha value is -4.77. The SMILES string of the molecule is O=C(N/N=C(/c1nc2ccc([N+](=O)[O-])cc2[nH]c1=O)C(O)c1ccccc1)c1ccncc1. The number of carbonyl (C=O) groups excluding carboxylic acids is 1. The number of nitro benzene ring substituents is 1. The highest BCUT2D eigenvalue weighted by atomic mass is 16.6. The van der Waals surface area contributed by atoms with Gasteiger partial charge in [0.15, 0.2) is 5.69 Å². The lowest BCUT2D eigenvalue weighted by molar-refractivity contribution is -0.384. The third-order valence-corrected chi connectivity index (χ3v) is 4.72. The van der Waals surface area contributed by atoms with E-state index in [0.717, 1.165) is 0 Å². The smallest absolute Gasteiger partial charge is 0.276 e. The van der Waals surface area contributed by atoms with Crippen molar-refractivity contribution in [2.75, 3.05) is 0 Å². The van der Waals surface area contributed by atoms with E-state index in [1.165, 1.54) is 42.7 Å². The van der Waals surface area contributed by atoms with E-state index < -0.39 is 22.5 Å². The van der Waals surface area contributed by atoms with Gasteiger partial charge in [0.1, 0.15) is 11.8 Å². The van der Waals surface area contributed by atoms with Gasteiger partial charge in [0.25, 0.3) is 17.2 Å². The number of nitrogens with zero attached hydrogens (tertiary/aromatic N) is 4. The number of hydrogen-bond acceptors (Lipinski definition) is 8. The van der Waals surface area contributed by atoms with Crippen LogP contribution in [0.3, 0.4) is 0 Å². The predicted molar refractivity (Wildman–Crippen MR) is 119 cm³/mol. The van der Waals surface area contributed by atoms with E-state index in [-0.39, 0.29) is 33.7 Å². The first-order valence-electron chi connectivity index (χ1n) is 9.64. The van der Waals surface area contributed by atoms with Gasteiger partial charge in [-0.3, -0.25) is 24.7 Å². The number of nitrogens with one attached hydrogen (secondary N) is 2. The fraction of sp³-hybridized carbons (Fsp3) is 0.0455. The van der Waals surface area contributed by atoms with Crippen molar-refractivity contribution in [3.05, 3.63) is 110 Å². The molecule has 0 aliphatic heterocycles. The van der Waals surface area contributed by atoms with Gasteiger partial charge >= 0.3 is 0 Å². The lowest BCUT2D eigenvalue weighted by atomic mass is 10.0. The summed E-state index contributed by atoms with van der Waals surface area (Å²) < 4.78 is 0. The number of fused-ring (bicyclic) bond motifs is 1. The number of amides is 1. The quantitative estimate of drug-likeness (QED) is 0.233. The van der Waals surface area contributed by atoms with E-state index in [1.807, 2.05) is 0 Å². The van der Waals surface area contributed by atoms with Crippen molar-refractivity contribution < 1.29 is 14.8 Å². The van der Waals surface area contributed by atoms with Gasteiger partial charge in [-0.2, -0.15) is 5.10 Å². The molecule has 0 fully saturated rings. The van der Waals surface area contributed by atoms with Gasteiger partial charge < -0.3 is 10.1 Å². The molecule has 0 saturated heterocycles. The lowest BCUT2D eigenvalue weighted by Gasteiger charge is -2.14. The van der Waals surface area contributed by atoms with Crippen LogP contribution in [-0.4, -0.2) is 36.6 Å². The fourth-order valence-corrected chi connectivity index (χ4v) is 3.08. The highest BCUT2D eigenvalue weighted by Gasteiger charge is 2.23. The molecule has 3 N–H and O–H groups in total. The molecular weight excluding hydrogens is 428 g/mol. The summed E-state index contributed by atoms with van der Waals surface area (Å²) in [7, 11) is 0. The van der Waals surface area contributed by atoms with Gasteiger partial charge in [0, 0.05) is 30.1 Å². The molecule has 0 aliphatic rings. The summed E-state index contributed by atoms with van der Waals surface area (Å²) in [6, 6.07) is 15.2. The first-order valence-corrected chi connectivity index (χ1v) is 9.64. The number of H-pyrrole nitrogens is 1. The monoisotopic (exact) mass is 444 g/mol. The zero-order valence-corrected chi connectivity index (χ0v) is 16.9. The minimum absolute atomic E-state index is 0.146. The second-order valence-electron chi connectivity index (χ2n) is 6.86. The van der Waals surface area contributed by atoms with Crippen LogP contribution in [0, 0.1) is 10.1 Å². The fourth-order valence-electron chi connectivity index (χ4n) is 3.08. The van der Waals surface area contributed by atoms with Gasteiger partial charge in [0.2, 0.25) is 0 Å². The maximum atomic E-state index is 12.8. The summed E-state index contributed by atoms with van der Waals surface area (Å²) in [5, 5.41) is 26.0. The van der Waals surface area contributed by atoms with Gasteiger partial charge in [-0.15, -0.1) is 0 Å². The first-order chi connectivity index (χ1) is 15.9. The Morgan fingerprint density at radius 2 is 1.85 bits per heavy atom. The molecule has 1 amide bonds. The van der Waals surface area contributed by atoms with Gasteiger partial charge in [0.05, 0.1) is 16.0 Å². The first kappa shape index (κ1) is 21.5. The zero-order valence-electron chi connectivity index (χ0n) is 16.9. The molecule has 164 valence electrons. The number of aliphatic hydroxyl groups excluding tert-OH is 1. The molecule has 2 aromatic carbocycles. The molecule has 1 atom stereocenters. The molecule has 33 heavy (non-hydrogen) atoms. The van der Waals surface area contributed by atoms with Crippen molar-refractivity contribution in [2.45, 2.75) is 6.10 Å². The zero-order chi connectivity index (χ0) is 23.4. The lowest BCUT2D eigenvalue weighted by Crippen LogP contribution is -2.29. The van der Waals surface area contributed by atoms with E-state index in [2.05, 4.69) is 25.5 Å². The van der Waals surface area contributed by atoms with Crippen LogP contribution < -0.4 is 11.0 Å². The van der Waals surface area contributed by atoms with Crippen molar-refractivity contribution in [1.82, 2.24) is 20.4 Å². The van der Waals surface area contributed by atoms with Crippen molar-refractivity contribution in [3.63, 3.8) is 0 Å². The van der Waals surface area contributed by atoms with Crippen molar-refractivity contribution in [1.29, 1.82) is 0 Å². The average Bonchev–Trinajstić information content (AvgIpc) is 2.84. The van der Waals surface area contributed by atoms with Crippen LogP contribution in [0.1, 0.15) is 27.7 Å². The van der Waals surface area contributed by atoms with Crippen LogP contribution in [0.4, 0.5) is 5.69 Å². The Labute approximate surface area is 185 Å². The van der Waals surface area contributed by atoms with Crippen LogP contribution in [0.5, 0.6) is 0 Å². The number of pyridine rings is 1. The third-order valence-electron chi connectivity index (χ3n) is 4.72. The standard InChI is InChI=1S/C22H16N6O5/c29-20(13-4-2-1-3-5-13)18(26-27-21(30)14-8-10-23-11-9-14)19-22(31)25-17-12-15(28(32)33)6-7-16(17)24-19/h1-12,20,29H,(H,25,31)(H,27,30)/b26-18-. The van der Waals surface area contributed by atoms with Gasteiger partial charge in [-0.1, -0.05) is 30.3 Å². The minimum atomic E-state index is -1.40. The van der Waals surface area contributed by atoms with Gasteiger partial charge in [-0.05, 0) is 23.8 Å². The number of aliphatic hydroxyl groups is 1. The maximum absolute atomic E-state index is 12.8. The van der Waals surface area contributed by atoms with Crippen molar-refractivity contribution in [2.24, 2.45) is 5.10 Å². The molecule has 11 nitrogen and oxygen atoms in total. The number of non-ortho nitro benzene ring substituents is 1. The van der Waals surface area contributed by atoms with Crippen LogP contribution in [0.2, 0.25) is 0 Å². The third kappa shape index (κ3) is 4.62. The highest BCUT2D eigenvalue weighted by Crippen LogP contribution is 2.20. The number of hydrogen-bond donors (Lipinski definition) is 3. The second-order valence-corrected chi connectivity index (χ2v) is 6.86. The van der Waals surface area contributed by atoms with E-state index in [9.17, 15) is 24.8 Å². The number of aromatic nitrogens is 3. The molecule has 4 rings (SSSR count). The summed E-state index contributed by atoms with van der Waals surface area (Å²) in [6.45, 7) is 0. The summed E-state index contributed by atoms with van der Waals surface area (Å²) in [5.74, 6) is -0.581. The maximum Gasteiger partial charge on any atom is 0.276 e. The number of aromatic amines is 1. The van der Waals surface area contributed by atoms with E-state index >= 15 is 0 Å². The van der Waals surface area contributed by atoms with Crippen molar-refractivity contribution in [3.8, 4) is 0 Å². The molecular formula is C22H16N6O5. The normalized spacial score (nSPS) is 12.3. The summed E-state index contributed by atoms with van der Waals surface area (Å²) in [4.78, 5) is 46.3. The molecule has 2 aromatic heterocycles. The molecule has 0 spiro atoms. The molecule has 2 heterocycles. The summed E-state index contributed by atoms with van der Waals surface area (Å²) >= 11 is 0. The highest BCUT2D eigenvalue weighted by molar-refractivity contribution is 6.04. The van der Waals surface area contributed by atoms with Crippen LogP contribution in [0.15, 0.2) is 83.0 Å².